The topological polar surface area (TPSA) is 115 Å². The fraction of sp³-hybridized carbons (Fsp3) is 0.632. The van der Waals surface area contributed by atoms with E-state index in [1.807, 2.05) is 6.07 Å². The van der Waals surface area contributed by atoms with E-state index in [0.29, 0.717) is 17.2 Å². The van der Waals surface area contributed by atoms with Crippen LogP contribution in [0.2, 0.25) is 0 Å². The fourth-order valence-electron chi connectivity index (χ4n) is 3.04. The van der Waals surface area contributed by atoms with Crippen molar-refractivity contribution in [2.24, 2.45) is 5.92 Å². The van der Waals surface area contributed by atoms with Gasteiger partial charge in [-0.15, -0.1) is 0 Å². The number of hydrazine groups is 1. The number of hydroxylamine groups is 2. The molecule has 0 fully saturated rings. The summed E-state index contributed by atoms with van der Waals surface area (Å²) < 4.78 is 0. The van der Waals surface area contributed by atoms with Gasteiger partial charge >= 0.3 is 0 Å². The average molecular weight is 380 g/mol. The van der Waals surface area contributed by atoms with Crippen LogP contribution in [-0.2, 0) is 9.59 Å². The zero-order valence-corrected chi connectivity index (χ0v) is 16.5. The number of hydrogen-bond donors (Lipinski definition) is 4. The summed E-state index contributed by atoms with van der Waals surface area (Å²) in [6.07, 6.45) is 5.45. The second-order valence-electron chi connectivity index (χ2n) is 6.74. The van der Waals surface area contributed by atoms with Crippen LogP contribution in [0.1, 0.15) is 70.9 Å². The van der Waals surface area contributed by atoms with Gasteiger partial charge in [-0.1, -0.05) is 40.0 Å². The van der Waals surface area contributed by atoms with Gasteiger partial charge in [0.15, 0.2) is 0 Å². The van der Waals surface area contributed by atoms with Gasteiger partial charge in [0.1, 0.15) is 0 Å². The van der Waals surface area contributed by atoms with Crippen LogP contribution in [0.4, 0.5) is 5.69 Å². The monoisotopic (exact) mass is 380 g/mol. The first-order valence-electron chi connectivity index (χ1n) is 9.65. The molecule has 8 nitrogen and oxygen atoms in total. The van der Waals surface area contributed by atoms with Gasteiger partial charge < -0.3 is 4.98 Å². The minimum Gasteiger partial charge on any atom is -0.326 e. The van der Waals surface area contributed by atoms with Gasteiger partial charge in [-0.2, -0.15) is 0 Å². The summed E-state index contributed by atoms with van der Waals surface area (Å²) in [6.45, 7) is 6.10. The minimum atomic E-state index is -0.542. The molecule has 1 aromatic rings. The Kier molecular flexibility index (Phi) is 10.2. The zero-order chi connectivity index (χ0) is 20.2. The number of aromatic nitrogens is 1. The number of amides is 2. The van der Waals surface area contributed by atoms with Crippen molar-refractivity contribution in [1.29, 1.82) is 0 Å². The van der Waals surface area contributed by atoms with Crippen molar-refractivity contribution < 1.29 is 14.8 Å². The molecule has 4 N–H and O–H groups in total. The maximum Gasteiger partial charge on any atom is 0.250 e. The van der Waals surface area contributed by atoms with E-state index in [1.54, 1.807) is 0 Å². The number of aromatic amines is 1. The lowest BCUT2D eigenvalue weighted by molar-refractivity contribution is -0.154. The van der Waals surface area contributed by atoms with Crippen molar-refractivity contribution in [1.82, 2.24) is 15.5 Å². The first kappa shape index (κ1) is 22.7. The lowest BCUT2D eigenvalue weighted by atomic mass is 9.98. The highest BCUT2D eigenvalue weighted by atomic mass is 16.5. The van der Waals surface area contributed by atoms with Crippen molar-refractivity contribution in [3.63, 3.8) is 0 Å². The summed E-state index contributed by atoms with van der Waals surface area (Å²) in [5.41, 5.74) is 6.46. The van der Waals surface area contributed by atoms with Crippen LogP contribution in [0.15, 0.2) is 16.9 Å². The molecule has 0 radical (unpaired) electrons. The maximum atomic E-state index is 12.5. The molecular weight excluding hydrogens is 348 g/mol. The zero-order valence-electron chi connectivity index (χ0n) is 16.5. The van der Waals surface area contributed by atoms with Crippen molar-refractivity contribution in [3.05, 3.63) is 28.2 Å². The molecule has 0 aromatic carbocycles. The molecule has 8 heteroatoms. The van der Waals surface area contributed by atoms with Gasteiger partial charge in [0.25, 0.3) is 0 Å². The van der Waals surface area contributed by atoms with E-state index in [2.05, 4.69) is 36.6 Å². The fourth-order valence-corrected chi connectivity index (χ4v) is 3.04. The normalized spacial score (nSPS) is 11.9. The highest BCUT2D eigenvalue weighted by Crippen LogP contribution is 2.21. The number of H-pyrrole nitrogens is 1. The summed E-state index contributed by atoms with van der Waals surface area (Å²) in [6, 6.07) is 3.19. The van der Waals surface area contributed by atoms with Gasteiger partial charge in [-0.25, -0.2) is 5.06 Å². The molecule has 0 bridgehead atoms. The van der Waals surface area contributed by atoms with Crippen molar-refractivity contribution >= 4 is 18.0 Å². The number of nitrogens with zero attached hydrogens (tertiary/aromatic N) is 1. The lowest BCUT2D eigenvalue weighted by Gasteiger charge is -2.20. The highest BCUT2D eigenvalue weighted by Gasteiger charge is 2.20. The highest BCUT2D eigenvalue weighted by molar-refractivity contribution is 5.80. The Hall–Kier alpha value is -2.35. The van der Waals surface area contributed by atoms with Crippen molar-refractivity contribution in [3.8, 4) is 0 Å². The van der Waals surface area contributed by atoms with Crippen LogP contribution < -0.4 is 16.4 Å². The first-order chi connectivity index (χ1) is 12.9. The number of rotatable bonds is 13. The number of carbonyl (C=O) groups is 2. The average Bonchev–Trinajstić information content (AvgIpc) is 2.66. The largest absolute Gasteiger partial charge is 0.326 e. The molecule has 0 saturated heterocycles. The Balaban J connectivity index is 2.78. The van der Waals surface area contributed by atoms with Crippen molar-refractivity contribution in [2.45, 2.75) is 65.2 Å². The second kappa shape index (κ2) is 12.1. The Morgan fingerprint density at radius 2 is 1.96 bits per heavy atom. The van der Waals surface area contributed by atoms with Gasteiger partial charge in [-0.3, -0.25) is 30.4 Å². The molecular formula is C19H32N4O4. The van der Waals surface area contributed by atoms with E-state index < -0.39 is 5.92 Å². The van der Waals surface area contributed by atoms with E-state index in [4.69, 9.17) is 0 Å². The van der Waals surface area contributed by atoms with Crippen LogP contribution >= 0.6 is 0 Å². The smallest absolute Gasteiger partial charge is 0.250 e. The van der Waals surface area contributed by atoms with Gasteiger partial charge in [0.05, 0.1) is 18.2 Å². The molecule has 27 heavy (non-hydrogen) atoms. The summed E-state index contributed by atoms with van der Waals surface area (Å²) >= 11 is 0. The van der Waals surface area contributed by atoms with E-state index in [-0.39, 0.29) is 30.3 Å². The quantitative estimate of drug-likeness (QED) is 0.182. The van der Waals surface area contributed by atoms with Crippen LogP contribution in [0, 0.1) is 5.92 Å². The number of pyridine rings is 1. The van der Waals surface area contributed by atoms with Gasteiger partial charge in [0.2, 0.25) is 17.9 Å². The number of nitrogens with one attached hydrogen (secondary N) is 3. The number of carbonyl (C=O) groups excluding carboxylic acids is 2. The molecule has 2 amide bonds. The van der Waals surface area contributed by atoms with Crippen molar-refractivity contribution in [2.75, 3.05) is 12.0 Å². The molecule has 0 aliphatic heterocycles. The van der Waals surface area contributed by atoms with Crippen LogP contribution in [0.3, 0.4) is 0 Å². The third-order valence-electron chi connectivity index (χ3n) is 4.68. The molecule has 0 aliphatic carbocycles. The standard InChI is InChI=1S/C19H32N4O4/c1-4-7-8-9-15(12-23(27)13-24)19(26)22-21-16-10-17(14(5-2)6-3)20-18(25)11-16/h10-11,13-15,27H,4-9,12H2,1-3H3,(H,22,26)(H2,20,21,25)/t15-/m1/s1. The third kappa shape index (κ3) is 7.82. The molecule has 0 saturated carbocycles. The molecule has 0 aliphatic rings. The summed E-state index contributed by atoms with van der Waals surface area (Å²) in [5.74, 6) is -0.636. The minimum absolute atomic E-state index is 0.0743. The molecule has 1 rings (SSSR count). The number of unbranched alkanes of at least 4 members (excludes halogenated alkanes) is 2. The lowest BCUT2D eigenvalue weighted by Crippen LogP contribution is -2.40. The number of hydrogen-bond acceptors (Lipinski definition) is 5. The third-order valence-corrected chi connectivity index (χ3v) is 4.68. The Morgan fingerprint density at radius 1 is 1.26 bits per heavy atom. The van der Waals surface area contributed by atoms with E-state index >= 15 is 0 Å². The summed E-state index contributed by atoms with van der Waals surface area (Å²) in [7, 11) is 0. The van der Waals surface area contributed by atoms with Crippen LogP contribution in [-0.4, -0.2) is 34.1 Å². The second-order valence-corrected chi connectivity index (χ2v) is 6.74. The number of anilines is 1. The molecule has 0 spiro atoms. The molecule has 152 valence electrons. The first-order valence-corrected chi connectivity index (χ1v) is 9.65. The predicted octanol–water partition coefficient (Wildman–Crippen LogP) is 2.77. The Bertz CT molecular complexity index is 643. The van der Waals surface area contributed by atoms with Gasteiger partial charge in [0, 0.05) is 11.8 Å². The molecule has 1 heterocycles. The van der Waals surface area contributed by atoms with E-state index in [9.17, 15) is 19.6 Å². The van der Waals surface area contributed by atoms with Crippen LogP contribution in [0.25, 0.3) is 0 Å². The molecule has 0 unspecified atom stereocenters. The Labute approximate surface area is 160 Å². The predicted molar refractivity (Wildman–Crippen MR) is 104 cm³/mol. The van der Waals surface area contributed by atoms with Crippen LogP contribution in [0.5, 0.6) is 0 Å². The van der Waals surface area contributed by atoms with E-state index in [0.717, 1.165) is 37.8 Å². The maximum absolute atomic E-state index is 12.5. The van der Waals surface area contributed by atoms with E-state index in [1.165, 1.54) is 6.07 Å². The molecule has 1 aromatic heterocycles. The SMILES string of the molecule is CCCCC[C@H](CN(O)C=O)C(=O)NNc1cc(C(CC)CC)[nH]c(=O)c1. The summed E-state index contributed by atoms with van der Waals surface area (Å²) in [4.78, 5) is 37.9. The Morgan fingerprint density at radius 3 is 2.56 bits per heavy atom. The molecule has 1 atom stereocenters. The summed E-state index contributed by atoms with van der Waals surface area (Å²) in [5, 5.41) is 9.91. The van der Waals surface area contributed by atoms with Gasteiger partial charge in [-0.05, 0) is 31.2 Å².